The molecule has 1 spiro atoms. The molecule has 0 N–H and O–H groups in total. The van der Waals surface area contributed by atoms with Gasteiger partial charge in [0.15, 0.2) is 0 Å². The van der Waals surface area contributed by atoms with Gasteiger partial charge >= 0.3 is 0 Å². The summed E-state index contributed by atoms with van der Waals surface area (Å²) >= 11 is 0. The van der Waals surface area contributed by atoms with Crippen LogP contribution >= 0.6 is 0 Å². The van der Waals surface area contributed by atoms with Crippen molar-refractivity contribution in [1.82, 2.24) is 19.6 Å². The SMILES string of the molecule is CCn1nc(C)cc1C(=O)N1CCOC2(COCCN(CC3CC3)C2)C1. The second kappa shape index (κ2) is 7.29. The highest BCUT2D eigenvalue weighted by Gasteiger charge is 2.42. The molecule has 26 heavy (non-hydrogen) atoms. The molecule has 1 atom stereocenters. The zero-order chi connectivity index (χ0) is 18.1. The Bertz CT molecular complexity index is 657. The quantitative estimate of drug-likeness (QED) is 0.805. The Kier molecular flexibility index (Phi) is 5.03. The summed E-state index contributed by atoms with van der Waals surface area (Å²) < 4.78 is 13.9. The van der Waals surface area contributed by atoms with Crippen molar-refractivity contribution in [1.29, 1.82) is 0 Å². The van der Waals surface area contributed by atoms with Gasteiger partial charge in [-0.3, -0.25) is 14.4 Å². The van der Waals surface area contributed by atoms with Crippen molar-refractivity contribution in [3.8, 4) is 0 Å². The lowest BCUT2D eigenvalue weighted by atomic mass is 10.0. The predicted molar refractivity (Wildman–Crippen MR) is 97.2 cm³/mol. The van der Waals surface area contributed by atoms with Crippen LogP contribution in [0.5, 0.6) is 0 Å². The number of hydrogen-bond donors (Lipinski definition) is 0. The predicted octanol–water partition coefficient (Wildman–Crippen LogP) is 1.16. The Morgan fingerprint density at radius 2 is 2.15 bits per heavy atom. The van der Waals surface area contributed by atoms with E-state index in [2.05, 4.69) is 10.00 Å². The van der Waals surface area contributed by atoms with Crippen LogP contribution in [0.4, 0.5) is 0 Å². The molecule has 7 heteroatoms. The van der Waals surface area contributed by atoms with Gasteiger partial charge in [-0.15, -0.1) is 0 Å². The minimum Gasteiger partial charge on any atom is -0.377 e. The molecule has 1 saturated carbocycles. The first-order valence-electron chi connectivity index (χ1n) is 9.86. The average Bonchev–Trinajstić information content (AvgIpc) is 3.40. The van der Waals surface area contributed by atoms with Gasteiger partial charge in [0, 0.05) is 32.7 Å². The summed E-state index contributed by atoms with van der Waals surface area (Å²) in [5.41, 5.74) is 1.14. The highest BCUT2D eigenvalue weighted by Crippen LogP contribution is 2.31. The molecule has 2 saturated heterocycles. The number of hydrogen-bond acceptors (Lipinski definition) is 5. The molecule has 7 nitrogen and oxygen atoms in total. The van der Waals surface area contributed by atoms with Crippen LogP contribution in [0.1, 0.15) is 35.9 Å². The summed E-state index contributed by atoms with van der Waals surface area (Å²) in [6, 6.07) is 1.89. The van der Waals surface area contributed by atoms with Crippen molar-refractivity contribution in [2.24, 2.45) is 5.92 Å². The molecule has 1 aliphatic carbocycles. The molecule has 1 aromatic rings. The van der Waals surface area contributed by atoms with Crippen molar-refractivity contribution in [3.05, 3.63) is 17.5 Å². The standard InChI is InChI=1S/C19H30N4O3/c1-3-23-17(10-15(2)20-23)18(24)22-7-9-26-19(13-22)12-21(6-8-25-14-19)11-16-4-5-16/h10,16H,3-9,11-14H2,1-2H3. The van der Waals surface area contributed by atoms with Gasteiger partial charge in [-0.25, -0.2) is 0 Å². The largest absolute Gasteiger partial charge is 0.377 e. The molecule has 144 valence electrons. The smallest absolute Gasteiger partial charge is 0.272 e. The lowest BCUT2D eigenvalue weighted by molar-refractivity contribution is -0.133. The van der Waals surface area contributed by atoms with Crippen LogP contribution in [-0.4, -0.2) is 83.6 Å². The zero-order valence-corrected chi connectivity index (χ0v) is 15.9. The van der Waals surface area contributed by atoms with Crippen molar-refractivity contribution < 1.29 is 14.3 Å². The molecule has 1 aromatic heterocycles. The summed E-state index contributed by atoms with van der Waals surface area (Å²) in [6.07, 6.45) is 2.69. The van der Waals surface area contributed by atoms with Crippen LogP contribution in [0, 0.1) is 12.8 Å². The molecule has 3 heterocycles. The molecule has 0 bridgehead atoms. The average molecular weight is 362 g/mol. The van der Waals surface area contributed by atoms with E-state index in [9.17, 15) is 4.79 Å². The van der Waals surface area contributed by atoms with Gasteiger partial charge in [0.25, 0.3) is 5.91 Å². The zero-order valence-electron chi connectivity index (χ0n) is 15.9. The van der Waals surface area contributed by atoms with E-state index >= 15 is 0 Å². The second-order valence-corrected chi connectivity index (χ2v) is 7.98. The number of carbonyl (C=O) groups excluding carboxylic acids is 1. The lowest BCUT2D eigenvalue weighted by Gasteiger charge is -2.43. The number of aromatic nitrogens is 2. The third kappa shape index (κ3) is 3.80. The highest BCUT2D eigenvalue weighted by molar-refractivity contribution is 5.92. The Balaban J connectivity index is 1.49. The number of ether oxygens (including phenoxy) is 2. The van der Waals surface area contributed by atoms with Gasteiger partial charge in [0.05, 0.1) is 32.1 Å². The Morgan fingerprint density at radius 1 is 1.31 bits per heavy atom. The summed E-state index contributed by atoms with van der Waals surface area (Å²) in [5, 5.41) is 4.42. The van der Waals surface area contributed by atoms with Crippen molar-refractivity contribution >= 4 is 5.91 Å². The van der Waals surface area contributed by atoms with Crippen molar-refractivity contribution in [2.75, 3.05) is 52.5 Å². The first-order valence-corrected chi connectivity index (χ1v) is 9.86. The summed E-state index contributed by atoms with van der Waals surface area (Å²) in [5.74, 6) is 0.890. The van der Waals surface area contributed by atoms with E-state index in [1.165, 1.54) is 12.8 Å². The lowest BCUT2D eigenvalue weighted by Crippen LogP contribution is -2.60. The fourth-order valence-corrected chi connectivity index (χ4v) is 4.13. The molecule has 3 aliphatic rings. The summed E-state index contributed by atoms with van der Waals surface area (Å²) in [4.78, 5) is 17.5. The van der Waals surface area contributed by atoms with Gasteiger partial charge < -0.3 is 14.4 Å². The van der Waals surface area contributed by atoms with Crippen LogP contribution in [0.15, 0.2) is 6.07 Å². The number of amides is 1. The van der Waals surface area contributed by atoms with Crippen molar-refractivity contribution in [3.63, 3.8) is 0 Å². The number of aryl methyl sites for hydroxylation is 2. The van der Waals surface area contributed by atoms with E-state index in [4.69, 9.17) is 9.47 Å². The van der Waals surface area contributed by atoms with E-state index in [1.807, 2.05) is 24.8 Å². The molecular weight excluding hydrogens is 332 g/mol. The van der Waals surface area contributed by atoms with E-state index in [1.54, 1.807) is 4.68 Å². The summed E-state index contributed by atoms with van der Waals surface area (Å²) in [7, 11) is 0. The maximum absolute atomic E-state index is 13.1. The van der Waals surface area contributed by atoms with E-state index < -0.39 is 5.60 Å². The normalized spacial score (nSPS) is 27.7. The highest BCUT2D eigenvalue weighted by atomic mass is 16.5. The molecule has 0 aromatic carbocycles. The Labute approximate surface area is 155 Å². The van der Waals surface area contributed by atoms with Crippen LogP contribution in [0.3, 0.4) is 0 Å². The van der Waals surface area contributed by atoms with E-state index in [0.29, 0.717) is 38.5 Å². The van der Waals surface area contributed by atoms with Gasteiger partial charge in [-0.1, -0.05) is 0 Å². The monoisotopic (exact) mass is 362 g/mol. The Hall–Kier alpha value is -1.44. The maximum Gasteiger partial charge on any atom is 0.272 e. The number of morpholine rings is 1. The fraction of sp³-hybridized carbons (Fsp3) is 0.789. The first kappa shape index (κ1) is 17.9. The first-order chi connectivity index (χ1) is 12.6. The van der Waals surface area contributed by atoms with Crippen LogP contribution in [-0.2, 0) is 16.0 Å². The second-order valence-electron chi connectivity index (χ2n) is 7.98. The number of carbonyl (C=O) groups is 1. The van der Waals surface area contributed by atoms with Crippen LogP contribution < -0.4 is 0 Å². The molecule has 4 rings (SSSR count). The molecule has 1 unspecified atom stereocenters. The summed E-state index contributed by atoms with van der Waals surface area (Å²) in [6.45, 7) is 10.6. The van der Waals surface area contributed by atoms with Crippen LogP contribution in [0.25, 0.3) is 0 Å². The minimum atomic E-state index is -0.411. The molecule has 3 fully saturated rings. The third-order valence-electron chi connectivity index (χ3n) is 5.60. The minimum absolute atomic E-state index is 0.0492. The van der Waals surface area contributed by atoms with E-state index in [0.717, 1.165) is 37.9 Å². The fourth-order valence-electron chi connectivity index (χ4n) is 4.13. The van der Waals surface area contributed by atoms with Crippen LogP contribution in [0.2, 0.25) is 0 Å². The number of rotatable bonds is 4. The molecule has 2 aliphatic heterocycles. The van der Waals surface area contributed by atoms with Gasteiger partial charge in [-0.2, -0.15) is 5.10 Å². The van der Waals surface area contributed by atoms with Gasteiger partial charge in [0.2, 0.25) is 0 Å². The third-order valence-corrected chi connectivity index (χ3v) is 5.60. The maximum atomic E-state index is 13.1. The topological polar surface area (TPSA) is 59.8 Å². The van der Waals surface area contributed by atoms with E-state index in [-0.39, 0.29) is 5.91 Å². The Morgan fingerprint density at radius 3 is 2.92 bits per heavy atom. The van der Waals surface area contributed by atoms with Gasteiger partial charge in [0.1, 0.15) is 11.3 Å². The molecule has 1 amide bonds. The number of nitrogens with zero attached hydrogens (tertiary/aromatic N) is 4. The molecule has 0 radical (unpaired) electrons. The molecular formula is C19H30N4O3. The van der Waals surface area contributed by atoms with Gasteiger partial charge in [-0.05, 0) is 38.7 Å². The van der Waals surface area contributed by atoms with Crippen molar-refractivity contribution in [2.45, 2.75) is 38.8 Å².